The van der Waals surface area contributed by atoms with Crippen molar-refractivity contribution in [1.29, 1.82) is 0 Å². The fourth-order valence-electron chi connectivity index (χ4n) is 1.44. The Morgan fingerprint density at radius 2 is 1.94 bits per heavy atom. The maximum Gasteiger partial charge on any atom is 0.287 e. The third kappa shape index (κ3) is 2.87. The van der Waals surface area contributed by atoms with Crippen molar-refractivity contribution in [3.05, 3.63) is 57.8 Å². The fourth-order valence-corrected chi connectivity index (χ4v) is 2.29. The molecule has 0 atom stereocenters. The Morgan fingerprint density at radius 1 is 1.17 bits per heavy atom. The molecule has 2 aromatic rings. The van der Waals surface area contributed by atoms with Crippen LogP contribution in [0.3, 0.4) is 0 Å². The number of hydrogen-bond acceptors (Lipinski definition) is 4. The van der Waals surface area contributed by atoms with Crippen molar-refractivity contribution in [2.75, 3.05) is 0 Å². The molecule has 0 bridgehead atoms. The number of benzene rings is 1. The van der Waals surface area contributed by atoms with Gasteiger partial charge in [-0.15, -0.1) is 0 Å². The van der Waals surface area contributed by atoms with Gasteiger partial charge in [-0.2, -0.15) is 0 Å². The van der Waals surface area contributed by atoms with E-state index in [0.29, 0.717) is 0 Å². The lowest BCUT2D eigenvalue weighted by Crippen LogP contribution is -1.89. The van der Waals surface area contributed by atoms with Gasteiger partial charge in [-0.05, 0) is 43.2 Å². The summed E-state index contributed by atoms with van der Waals surface area (Å²) < 4.78 is 0. The van der Waals surface area contributed by atoms with Crippen LogP contribution in [0.2, 0.25) is 0 Å². The molecule has 0 aliphatic carbocycles. The third-order valence-corrected chi connectivity index (χ3v) is 3.57. The number of nitro groups is 1. The molecule has 1 aromatic heterocycles. The fraction of sp³-hybridized carbons (Fsp3) is 0.154. The molecule has 4 nitrogen and oxygen atoms in total. The Labute approximate surface area is 109 Å². The first-order valence-corrected chi connectivity index (χ1v) is 6.23. The van der Waals surface area contributed by atoms with E-state index < -0.39 is 4.92 Å². The molecule has 0 fully saturated rings. The van der Waals surface area contributed by atoms with Gasteiger partial charge in [-0.25, -0.2) is 4.98 Å². The number of nitrogens with zero attached hydrogens (tertiary/aromatic N) is 2. The Bertz CT molecular complexity index is 582. The average molecular weight is 260 g/mol. The first-order valence-electron chi connectivity index (χ1n) is 5.42. The van der Waals surface area contributed by atoms with E-state index in [0.717, 1.165) is 9.92 Å². The van der Waals surface area contributed by atoms with Crippen LogP contribution in [-0.2, 0) is 0 Å². The second kappa shape index (κ2) is 5.18. The summed E-state index contributed by atoms with van der Waals surface area (Å²) in [7, 11) is 0. The van der Waals surface area contributed by atoms with Gasteiger partial charge in [0.1, 0.15) is 11.2 Å². The van der Waals surface area contributed by atoms with Gasteiger partial charge in [-0.1, -0.05) is 17.8 Å². The highest BCUT2D eigenvalue weighted by Gasteiger charge is 2.06. The van der Waals surface area contributed by atoms with Gasteiger partial charge in [0.2, 0.25) is 0 Å². The standard InChI is InChI=1S/C13H12N2O2S/c1-9-3-5-12(7-10(9)2)18-13-6-4-11(8-14-13)15(16)17/h3-8H,1-2H3. The van der Waals surface area contributed by atoms with E-state index in [1.54, 1.807) is 6.07 Å². The van der Waals surface area contributed by atoms with Crippen LogP contribution in [0.15, 0.2) is 46.5 Å². The van der Waals surface area contributed by atoms with Gasteiger partial charge in [0, 0.05) is 11.0 Å². The zero-order valence-corrected chi connectivity index (χ0v) is 10.9. The average Bonchev–Trinajstić information content (AvgIpc) is 2.34. The number of pyridine rings is 1. The first-order chi connectivity index (χ1) is 8.56. The van der Waals surface area contributed by atoms with Crippen molar-refractivity contribution in [2.24, 2.45) is 0 Å². The third-order valence-electron chi connectivity index (χ3n) is 2.63. The predicted molar refractivity (Wildman–Crippen MR) is 70.9 cm³/mol. The minimum absolute atomic E-state index is 0.0134. The van der Waals surface area contributed by atoms with Crippen molar-refractivity contribution < 1.29 is 4.92 Å². The number of aryl methyl sites for hydroxylation is 2. The molecule has 0 aliphatic rings. The summed E-state index contributed by atoms with van der Waals surface area (Å²) >= 11 is 1.50. The minimum Gasteiger partial charge on any atom is -0.258 e. The van der Waals surface area contributed by atoms with E-state index in [-0.39, 0.29) is 5.69 Å². The monoisotopic (exact) mass is 260 g/mol. The molecule has 1 heterocycles. The minimum atomic E-state index is -0.447. The van der Waals surface area contributed by atoms with Crippen molar-refractivity contribution >= 4 is 17.4 Å². The van der Waals surface area contributed by atoms with E-state index in [9.17, 15) is 10.1 Å². The molecular weight excluding hydrogens is 248 g/mol. The normalized spacial score (nSPS) is 10.3. The SMILES string of the molecule is Cc1ccc(Sc2ccc([N+](=O)[O-])cn2)cc1C. The second-order valence-electron chi connectivity index (χ2n) is 3.96. The van der Waals surface area contributed by atoms with Gasteiger partial charge >= 0.3 is 0 Å². The van der Waals surface area contributed by atoms with E-state index in [1.165, 1.54) is 35.2 Å². The van der Waals surface area contributed by atoms with Gasteiger partial charge in [0.15, 0.2) is 0 Å². The largest absolute Gasteiger partial charge is 0.287 e. The van der Waals surface area contributed by atoms with Crippen LogP contribution < -0.4 is 0 Å². The summed E-state index contributed by atoms with van der Waals surface area (Å²) in [6.07, 6.45) is 1.28. The lowest BCUT2D eigenvalue weighted by Gasteiger charge is -2.04. The van der Waals surface area contributed by atoms with Gasteiger partial charge in [0.25, 0.3) is 5.69 Å². The van der Waals surface area contributed by atoms with Gasteiger partial charge in [-0.3, -0.25) is 10.1 Å². The summed E-state index contributed by atoms with van der Waals surface area (Å²) in [6.45, 7) is 4.12. The highest BCUT2D eigenvalue weighted by atomic mass is 32.2. The maximum atomic E-state index is 10.5. The molecule has 0 amide bonds. The van der Waals surface area contributed by atoms with Crippen molar-refractivity contribution in [1.82, 2.24) is 4.98 Å². The number of aromatic nitrogens is 1. The molecule has 0 radical (unpaired) electrons. The highest BCUT2D eigenvalue weighted by molar-refractivity contribution is 7.99. The van der Waals surface area contributed by atoms with Crippen LogP contribution in [0.5, 0.6) is 0 Å². The van der Waals surface area contributed by atoms with Crippen molar-refractivity contribution in [3.8, 4) is 0 Å². The molecule has 18 heavy (non-hydrogen) atoms. The lowest BCUT2D eigenvalue weighted by molar-refractivity contribution is -0.385. The van der Waals surface area contributed by atoms with E-state index in [4.69, 9.17) is 0 Å². The number of rotatable bonds is 3. The molecule has 0 aliphatic heterocycles. The second-order valence-corrected chi connectivity index (χ2v) is 5.05. The Balaban J connectivity index is 2.18. The predicted octanol–water partition coefficient (Wildman–Crippen LogP) is 3.76. The summed E-state index contributed by atoms with van der Waals surface area (Å²) in [5, 5.41) is 11.3. The van der Waals surface area contributed by atoms with Crippen LogP contribution in [0.1, 0.15) is 11.1 Å². The quantitative estimate of drug-likeness (QED) is 0.623. The summed E-state index contributed by atoms with van der Waals surface area (Å²) in [5.41, 5.74) is 2.48. The molecule has 0 spiro atoms. The Morgan fingerprint density at radius 3 is 2.50 bits per heavy atom. The van der Waals surface area contributed by atoms with Crippen LogP contribution in [0, 0.1) is 24.0 Å². The zero-order chi connectivity index (χ0) is 13.1. The summed E-state index contributed by atoms with van der Waals surface area (Å²) in [4.78, 5) is 15.2. The molecule has 1 aromatic carbocycles. The van der Waals surface area contributed by atoms with Gasteiger partial charge in [0.05, 0.1) is 4.92 Å². The Kier molecular flexibility index (Phi) is 3.62. The lowest BCUT2D eigenvalue weighted by atomic mass is 10.1. The first kappa shape index (κ1) is 12.6. The maximum absolute atomic E-state index is 10.5. The van der Waals surface area contributed by atoms with Crippen LogP contribution in [-0.4, -0.2) is 9.91 Å². The summed E-state index contributed by atoms with van der Waals surface area (Å²) in [6, 6.07) is 9.30. The molecule has 2 rings (SSSR count). The number of hydrogen-bond donors (Lipinski definition) is 0. The molecular formula is C13H12N2O2S. The van der Waals surface area contributed by atoms with Crippen LogP contribution >= 0.6 is 11.8 Å². The van der Waals surface area contributed by atoms with Crippen molar-refractivity contribution in [2.45, 2.75) is 23.8 Å². The van der Waals surface area contributed by atoms with Crippen LogP contribution in [0.25, 0.3) is 0 Å². The molecule has 0 saturated carbocycles. The van der Waals surface area contributed by atoms with Crippen LogP contribution in [0.4, 0.5) is 5.69 Å². The van der Waals surface area contributed by atoms with E-state index >= 15 is 0 Å². The summed E-state index contributed by atoms with van der Waals surface area (Å²) in [5.74, 6) is 0. The van der Waals surface area contributed by atoms with Gasteiger partial charge < -0.3 is 0 Å². The Hall–Kier alpha value is -1.88. The van der Waals surface area contributed by atoms with Crippen molar-refractivity contribution in [3.63, 3.8) is 0 Å². The zero-order valence-electron chi connectivity index (χ0n) is 10.1. The molecule has 0 N–H and O–H groups in total. The van der Waals surface area contributed by atoms with E-state index in [1.807, 2.05) is 6.07 Å². The van der Waals surface area contributed by atoms with E-state index in [2.05, 4.69) is 31.0 Å². The molecule has 0 saturated heterocycles. The topological polar surface area (TPSA) is 56.0 Å². The molecule has 0 unspecified atom stereocenters. The highest BCUT2D eigenvalue weighted by Crippen LogP contribution is 2.28. The smallest absolute Gasteiger partial charge is 0.258 e. The molecule has 5 heteroatoms. The molecule has 92 valence electrons.